The smallest absolute Gasteiger partial charge is 0.338 e. The first-order valence-corrected chi connectivity index (χ1v) is 13.0. The Morgan fingerprint density at radius 3 is 0.837 bits per heavy atom. The molecule has 0 aromatic rings. The van der Waals surface area contributed by atoms with Crippen molar-refractivity contribution in [2.75, 3.05) is 41.7 Å². The van der Waals surface area contributed by atoms with Gasteiger partial charge in [-0.05, 0) is 76.2 Å². The molecule has 3 unspecified atom stereocenters. The lowest BCUT2D eigenvalue weighted by atomic mass is 9.74. The van der Waals surface area contributed by atoms with Crippen molar-refractivity contribution in [3.63, 3.8) is 0 Å². The van der Waals surface area contributed by atoms with Crippen LogP contribution in [0.2, 0.25) is 0 Å². The van der Waals surface area contributed by atoms with E-state index >= 15 is 0 Å². The Morgan fingerprint density at radius 2 is 0.721 bits per heavy atom. The van der Waals surface area contributed by atoms with Crippen LogP contribution in [0.4, 0.5) is 0 Å². The number of carboxylic acids is 4. The van der Waals surface area contributed by atoms with Crippen LogP contribution in [-0.2, 0) is 38.1 Å². The molecule has 0 heterocycles. The molecule has 0 radical (unpaired) electrons. The number of ether oxygens (including phenoxy) is 4. The topological polar surface area (TPSA) is 247 Å². The minimum atomic E-state index is -2.27. The van der Waals surface area contributed by atoms with Crippen molar-refractivity contribution in [3.8, 4) is 0 Å². The highest BCUT2D eigenvalue weighted by molar-refractivity contribution is 5.79. The molecule has 0 aliphatic heterocycles. The average molecular weight is 633 g/mol. The predicted octanol–water partition coefficient (Wildman–Crippen LogP) is 1.73. The quantitative estimate of drug-likeness (QED) is 0.153. The average Bonchev–Trinajstić information content (AvgIpc) is 2.84. The van der Waals surface area contributed by atoms with Crippen LogP contribution >= 0.6 is 0 Å². The summed E-state index contributed by atoms with van der Waals surface area (Å²) >= 11 is 0. The predicted molar refractivity (Wildman–Crippen MR) is 156 cm³/mol. The van der Waals surface area contributed by atoms with E-state index < -0.39 is 62.7 Å². The number of methoxy groups -OCH3 is 4. The first-order valence-electron chi connectivity index (χ1n) is 13.0. The molecule has 0 bridgehead atoms. The second-order valence-corrected chi connectivity index (χ2v) is 12.5. The number of aliphatic hydroxyl groups is 3. The lowest BCUT2D eigenvalue weighted by Gasteiger charge is -2.45. The molecular formula is C28H56O15. The van der Waals surface area contributed by atoms with Crippen LogP contribution in [0.15, 0.2) is 0 Å². The van der Waals surface area contributed by atoms with Gasteiger partial charge in [-0.1, -0.05) is 0 Å². The van der Waals surface area contributed by atoms with E-state index in [4.69, 9.17) is 29.9 Å². The van der Waals surface area contributed by atoms with Crippen molar-refractivity contribution in [3.05, 3.63) is 0 Å². The highest BCUT2D eigenvalue weighted by Crippen LogP contribution is 2.35. The Balaban J connectivity index is -0.000000240. The van der Waals surface area contributed by atoms with Crippen molar-refractivity contribution in [2.45, 2.75) is 104 Å². The summed E-state index contributed by atoms with van der Waals surface area (Å²) in [6, 6.07) is 0. The first kappa shape index (κ1) is 47.5. The van der Waals surface area contributed by atoms with E-state index in [1.807, 2.05) is 0 Å². The van der Waals surface area contributed by atoms with Gasteiger partial charge in [0.2, 0.25) is 0 Å². The van der Waals surface area contributed by atoms with E-state index in [0.717, 1.165) is 6.92 Å². The van der Waals surface area contributed by atoms with Gasteiger partial charge in [-0.3, -0.25) is 9.59 Å². The number of hydrogen-bond acceptors (Lipinski definition) is 11. The van der Waals surface area contributed by atoms with E-state index in [0.29, 0.717) is 0 Å². The molecule has 7 N–H and O–H groups in total. The molecule has 0 fully saturated rings. The maximum Gasteiger partial charge on any atom is 0.338 e. The molecule has 0 aliphatic carbocycles. The highest BCUT2D eigenvalue weighted by Gasteiger charge is 2.57. The third kappa shape index (κ3) is 14.3. The number of rotatable bonds is 13. The van der Waals surface area contributed by atoms with E-state index in [-0.39, 0.29) is 13.2 Å². The molecule has 0 aromatic heterocycles. The zero-order valence-electron chi connectivity index (χ0n) is 28.3. The summed E-state index contributed by atoms with van der Waals surface area (Å²) in [7, 11) is 5.68. The van der Waals surface area contributed by atoms with E-state index in [1.54, 1.807) is 27.7 Å². The second-order valence-electron chi connectivity index (χ2n) is 12.5. The standard InChI is InChI=1S/C9H18O5.C7H14O4.2C6H12O3/c1-7(2,14-5)9(4,13)8(3,12)6(10)11;1-6(2,11-4)7(3,10)5(8)9;2*1-6(2,4-9-3)5(7)8/h12-13H,1-5H3,(H,10,11);10H,1-4H3,(H,8,9);2*4H2,1-3H3,(H,7,8). The van der Waals surface area contributed by atoms with Crippen LogP contribution in [-0.4, -0.2) is 129 Å². The van der Waals surface area contributed by atoms with Crippen molar-refractivity contribution in [1.82, 2.24) is 0 Å². The van der Waals surface area contributed by atoms with Gasteiger partial charge in [-0.15, -0.1) is 0 Å². The third-order valence-electron chi connectivity index (χ3n) is 7.31. The van der Waals surface area contributed by atoms with Gasteiger partial charge in [-0.2, -0.15) is 0 Å². The van der Waals surface area contributed by atoms with Gasteiger partial charge in [0.25, 0.3) is 0 Å². The first-order chi connectivity index (χ1) is 18.8. The maximum absolute atomic E-state index is 10.8. The fourth-order valence-corrected chi connectivity index (χ4v) is 2.29. The van der Waals surface area contributed by atoms with Crippen molar-refractivity contribution in [1.29, 1.82) is 0 Å². The largest absolute Gasteiger partial charge is 0.481 e. The van der Waals surface area contributed by atoms with Crippen LogP contribution in [0.25, 0.3) is 0 Å². The van der Waals surface area contributed by atoms with Gasteiger partial charge in [0.15, 0.2) is 11.2 Å². The molecule has 0 amide bonds. The molecule has 0 saturated carbocycles. The van der Waals surface area contributed by atoms with Gasteiger partial charge in [0, 0.05) is 28.4 Å². The van der Waals surface area contributed by atoms with Gasteiger partial charge < -0.3 is 54.7 Å². The molecule has 3 atom stereocenters. The summed E-state index contributed by atoms with van der Waals surface area (Å²) < 4.78 is 19.2. The van der Waals surface area contributed by atoms with Crippen LogP contribution in [0.1, 0.15) is 76.2 Å². The number of hydrogen-bond donors (Lipinski definition) is 7. The van der Waals surface area contributed by atoms with Crippen LogP contribution in [0.5, 0.6) is 0 Å². The fraction of sp³-hybridized carbons (Fsp3) is 0.857. The molecule has 0 rings (SSSR count). The molecule has 0 aromatic carbocycles. The Labute approximate surface area is 254 Å². The summed E-state index contributed by atoms with van der Waals surface area (Å²) in [5.41, 5.74) is -9.80. The van der Waals surface area contributed by atoms with Gasteiger partial charge in [0.1, 0.15) is 11.2 Å². The molecule has 0 aliphatic rings. The van der Waals surface area contributed by atoms with Gasteiger partial charge >= 0.3 is 23.9 Å². The van der Waals surface area contributed by atoms with Crippen LogP contribution in [0, 0.1) is 10.8 Å². The Bertz CT molecular complexity index is 857. The summed E-state index contributed by atoms with van der Waals surface area (Å²) in [6.07, 6.45) is 0. The second kappa shape index (κ2) is 17.8. The maximum atomic E-state index is 10.8. The molecule has 15 heteroatoms. The minimum absolute atomic E-state index is 0.252. The highest BCUT2D eigenvalue weighted by atomic mass is 16.5. The lowest BCUT2D eigenvalue weighted by molar-refractivity contribution is -0.234. The fourth-order valence-electron chi connectivity index (χ4n) is 2.29. The minimum Gasteiger partial charge on any atom is -0.481 e. The van der Waals surface area contributed by atoms with Gasteiger partial charge in [-0.25, -0.2) is 9.59 Å². The molecule has 43 heavy (non-hydrogen) atoms. The van der Waals surface area contributed by atoms with Crippen LogP contribution < -0.4 is 0 Å². The monoisotopic (exact) mass is 632 g/mol. The summed E-state index contributed by atoms with van der Waals surface area (Å²) in [6.45, 7) is 16.5. The lowest BCUT2D eigenvalue weighted by Crippen LogP contribution is -2.66. The van der Waals surface area contributed by atoms with Gasteiger partial charge in [0.05, 0.1) is 29.6 Å². The number of aliphatic carboxylic acids is 4. The molecule has 0 spiro atoms. The number of carboxylic acid groups (broad SMARTS) is 4. The summed E-state index contributed by atoms with van der Waals surface area (Å²) in [5, 5.41) is 63.4. The normalized spacial score (nSPS) is 16.1. The van der Waals surface area contributed by atoms with Crippen molar-refractivity contribution in [2.24, 2.45) is 10.8 Å². The van der Waals surface area contributed by atoms with E-state index in [1.165, 1.54) is 70.0 Å². The van der Waals surface area contributed by atoms with E-state index in [2.05, 4.69) is 9.47 Å². The summed E-state index contributed by atoms with van der Waals surface area (Å²) in [4.78, 5) is 41.9. The zero-order chi connectivity index (χ0) is 36.1. The molecule has 258 valence electrons. The third-order valence-corrected chi connectivity index (χ3v) is 7.31. The van der Waals surface area contributed by atoms with E-state index in [9.17, 15) is 34.5 Å². The zero-order valence-corrected chi connectivity index (χ0v) is 28.3. The summed E-state index contributed by atoms with van der Waals surface area (Å²) in [5.74, 6) is -4.44. The molecule has 0 saturated heterocycles. The Kier molecular flexibility index (Phi) is 19.7. The number of carbonyl (C=O) groups is 4. The van der Waals surface area contributed by atoms with Crippen molar-refractivity contribution < 1.29 is 73.9 Å². The Morgan fingerprint density at radius 1 is 0.465 bits per heavy atom. The SMILES string of the molecule is COC(C)(C)C(C)(O)C(=O)O.COC(C)(C)C(C)(O)C(C)(O)C(=O)O.COCC(C)(C)C(=O)O.COCC(C)(C)C(=O)O. The Hall–Kier alpha value is -2.40. The molecule has 15 nitrogen and oxygen atoms in total. The van der Waals surface area contributed by atoms with Crippen molar-refractivity contribution >= 4 is 23.9 Å². The molecular weight excluding hydrogens is 576 g/mol. The van der Waals surface area contributed by atoms with Crippen LogP contribution in [0.3, 0.4) is 0 Å².